The molecule has 0 radical (unpaired) electrons. The topological polar surface area (TPSA) is 110 Å². The highest BCUT2D eigenvalue weighted by Crippen LogP contribution is 2.16. The Bertz CT molecular complexity index is 658. The van der Waals surface area contributed by atoms with Gasteiger partial charge in [0.1, 0.15) is 12.2 Å². The maximum absolute atomic E-state index is 12.4. The summed E-state index contributed by atoms with van der Waals surface area (Å²) in [6, 6.07) is -0.995. The lowest BCUT2D eigenvalue weighted by Crippen LogP contribution is -2.53. The number of rotatable bonds is 36. The molecule has 0 aromatic heterocycles. The molecular weight excluding hydrogens is 574 g/mol. The second-order valence-corrected chi connectivity index (χ2v) is 14.0. The molecule has 1 amide bonds. The molecule has 0 aromatic rings. The Morgan fingerprint density at radius 3 is 1.30 bits per heavy atom. The van der Waals surface area contributed by atoms with Crippen LogP contribution in [-0.2, 0) is 4.79 Å². The second kappa shape index (κ2) is 35.4. The van der Waals surface area contributed by atoms with Gasteiger partial charge in [-0.05, 0) is 38.5 Å². The number of allylic oxidation sites excluding steroid dienone is 2. The van der Waals surface area contributed by atoms with Crippen LogP contribution in [0.5, 0.6) is 0 Å². The van der Waals surface area contributed by atoms with E-state index in [0.717, 1.165) is 38.5 Å². The Kier molecular flexibility index (Phi) is 34.6. The zero-order valence-corrected chi connectivity index (χ0v) is 30.6. The molecule has 0 heterocycles. The molecule has 5 N–H and O–H groups in total. The minimum absolute atomic E-state index is 0.368. The molecule has 0 saturated heterocycles. The Hall–Kier alpha value is -0.950. The van der Waals surface area contributed by atoms with Crippen LogP contribution in [0.1, 0.15) is 206 Å². The van der Waals surface area contributed by atoms with Crippen molar-refractivity contribution in [2.45, 2.75) is 231 Å². The van der Waals surface area contributed by atoms with Crippen molar-refractivity contribution in [2.75, 3.05) is 6.61 Å². The van der Waals surface area contributed by atoms with Gasteiger partial charge in [0.25, 0.3) is 0 Å². The molecule has 274 valence electrons. The third-order valence-electron chi connectivity index (χ3n) is 9.48. The molecule has 0 spiro atoms. The van der Waals surface area contributed by atoms with E-state index in [1.54, 1.807) is 0 Å². The summed E-state index contributed by atoms with van der Waals surface area (Å²) in [6.45, 7) is 4.01. The van der Waals surface area contributed by atoms with Gasteiger partial charge in [-0.1, -0.05) is 180 Å². The molecule has 0 aromatic carbocycles. The molecule has 0 fully saturated rings. The van der Waals surface area contributed by atoms with Gasteiger partial charge in [-0.3, -0.25) is 4.79 Å². The van der Waals surface area contributed by atoms with Crippen LogP contribution in [0.2, 0.25) is 0 Å². The standard InChI is InChI=1S/C40H79NO5/c1-3-5-7-9-11-13-15-16-17-18-19-20-21-22-24-26-28-30-32-34-38(44)40(46)41-36(35-42)39(45)37(43)33-31-29-27-25-23-14-12-10-8-6-4-2/h25,27,36-39,42-45H,3-24,26,28-35H2,1-2H3,(H,41,46)/b27-25+. The van der Waals surface area contributed by atoms with Gasteiger partial charge in [-0.2, -0.15) is 0 Å². The lowest BCUT2D eigenvalue weighted by molar-refractivity contribution is -0.132. The number of aliphatic hydroxyl groups excluding tert-OH is 4. The van der Waals surface area contributed by atoms with Crippen LogP contribution < -0.4 is 5.32 Å². The first-order valence-electron chi connectivity index (χ1n) is 20.1. The average Bonchev–Trinajstić information content (AvgIpc) is 3.06. The molecule has 0 aliphatic heterocycles. The maximum atomic E-state index is 12.4. The average molecular weight is 654 g/mol. The van der Waals surface area contributed by atoms with Crippen LogP contribution in [0.4, 0.5) is 0 Å². The van der Waals surface area contributed by atoms with E-state index in [2.05, 4.69) is 31.3 Å². The molecule has 46 heavy (non-hydrogen) atoms. The van der Waals surface area contributed by atoms with E-state index in [1.165, 1.54) is 141 Å². The summed E-state index contributed by atoms with van der Waals surface area (Å²) >= 11 is 0. The molecular formula is C40H79NO5. The molecule has 0 bridgehead atoms. The SMILES string of the molecule is CCCCCCCC/C=C/CCCC(O)C(O)C(CO)NC(=O)C(O)CCCCCCCCCCCCCCCCCCCCC. The third kappa shape index (κ3) is 29.2. The van der Waals surface area contributed by atoms with E-state index in [4.69, 9.17) is 0 Å². The Morgan fingerprint density at radius 1 is 0.522 bits per heavy atom. The van der Waals surface area contributed by atoms with Crippen LogP contribution in [-0.4, -0.2) is 57.3 Å². The minimum Gasteiger partial charge on any atom is -0.394 e. The fourth-order valence-corrected chi connectivity index (χ4v) is 6.23. The fourth-order valence-electron chi connectivity index (χ4n) is 6.23. The third-order valence-corrected chi connectivity index (χ3v) is 9.48. The molecule has 0 aliphatic rings. The maximum Gasteiger partial charge on any atom is 0.249 e. The summed E-state index contributed by atoms with van der Waals surface area (Å²) in [5.41, 5.74) is 0. The molecule has 4 unspecified atom stereocenters. The first-order valence-corrected chi connectivity index (χ1v) is 20.1. The van der Waals surface area contributed by atoms with E-state index in [9.17, 15) is 25.2 Å². The Morgan fingerprint density at radius 2 is 0.891 bits per heavy atom. The largest absolute Gasteiger partial charge is 0.394 e. The van der Waals surface area contributed by atoms with E-state index in [-0.39, 0.29) is 0 Å². The van der Waals surface area contributed by atoms with Crippen molar-refractivity contribution in [3.8, 4) is 0 Å². The van der Waals surface area contributed by atoms with Crippen LogP contribution >= 0.6 is 0 Å². The second-order valence-electron chi connectivity index (χ2n) is 14.0. The number of hydrogen-bond acceptors (Lipinski definition) is 5. The molecule has 4 atom stereocenters. The summed E-state index contributed by atoms with van der Waals surface area (Å²) in [4.78, 5) is 12.4. The number of hydrogen-bond donors (Lipinski definition) is 5. The van der Waals surface area contributed by atoms with Crippen molar-refractivity contribution in [3.63, 3.8) is 0 Å². The van der Waals surface area contributed by atoms with E-state index in [0.29, 0.717) is 12.8 Å². The summed E-state index contributed by atoms with van der Waals surface area (Å²) in [7, 11) is 0. The van der Waals surface area contributed by atoms with Crippen molar-refractivity contribution < 1.29 is 25.2 Å². The van der Waals surface area contributed by atoms with Gasteiger partial charge in [0.2, 0.25) is 5.91 Å². The van der Waals surface area contributed by atoms with Crippen molar-refractivity contribution in [2.24, 2.45) is 0 Å². The normalized spacial score (nSPS) is 14.5. The van der Waals surface area contributed by atoms with Gasteiger partial charge in [0, 0.05) is 0 Å². The van der Waals surface area contributed by atoms with Gasteiger partial charge < -0.3 is 25.7 Å². The lowest BCUT2D eigenvalue weighted by atomic mass is 10.00. The number of amides is 1. The summed E-state index contributed by atoms with van der Waals surface area (Å²) < 4.78 is 0. The zero-order valence-electron chi connectivity index (χ0n) is 30.6. The quantitative estimate of drug-likeness (QED) is 0.0342. The highest BCUT2D eigenvalue weighted by atomic mass is 16.3. The molecule has 6 nitrogen and oxygen atoms in total. The highest BCUT2D eigenvalue weighted by molar-refractivity contribution is 5.80. The number of carbonyl (C=O) groups excluding carboxylic acids is 1. The van der Waals surface area contributed by atoms with Crippen molar-refractivity contribution in [1.82, 2.24) is 5.32 Å². The summed E-state index contributed by atoms with van der Waals surface area (Å²) in [5.74, 6) is -0.592. The first-order chi connectivity index (χ1) is 22.5. The van der Waals surface area contributed by atoms with Gasteiger partial charge in [0.15, 0.2) is 0 Å². The van der Waals surface area contributed by atoms with E-state index >= 15 is 0 Å². The Labute approximate surface area is 285 Å². The van der Waals surface area contributed by atoms with Gasteiger partial charge >= 0.3 is 0 Å². The predicted octanol–water partition coefficient (Wildman–Crippen LogP) is 9.85. The number of unbranched alkanes of at least 4 members (excludes halogenated alkanes) is 25. The summed E-state index contributed by atoms with van der Waals surface area (Å²) in [5, 5.41) is 43.4. The van der Waals surface area contributed by atoms with Crippen LogP contribution in [0.3, 0.4) is 0 Å². The molecule has 0 rings (SSSR count). The van der Waals surface area contributed by atoms with Crippen molar-refractivity contribution >= 4 is 5.91 Å². The van der Waals surface area contributed by atoms with Gasteiger partial charge in [-0.15, -0.1) is 0 Å². The number of carbonyl (C=O) groups is 1. The fraction of sp³-hybridized carbons (Fsp3) is 0.925. The zero-order chi connectivity index (χ0) is 33.9. The smallest absolute Gasteiger partial charge is 0.249 e. The predicted molar refractivity (Wildman–Crippen MR) is 196 cm³/mol. The van der Waals surface area contributed by atoms with E-state index < -0.39 is 36.9 Å². The van der Waals surface area contributed by atoms with Crippen LogP contribution in [0, 0.1) is 0 Å². The van der Waals surface area contributed by atoms with Crippen LogP contribution in [0.15, 0.2) is 12.2 Å². The lowest BCUT2D eigenvalue weighted by Gasteiger charge is -2.27. The van der Waals surface area contributed by atoms with Crippen LogP contribution in [0.25, 0.3) is 0 Å². The molecule has 0 saturated carbocycles. The monoisotopic (exact) mass is 654 g/mol. The summed E-state index contributed by atoms with van der Waals surface area (Å²) in [6.07, 6.45) is 36.7. The van der Waals surface area contributed by atoms with Crippen molar-refractivity contribution in [1.29, 1.82) is 0 Å². The molecule has 6 heteroatoms. The highest BCUT2D eigenvalue weighted by Gasteiger charge is 2.28. The molecule has 0 aliphatic carbocycles. The minimum atomic E-state index is -1.27. The Balaban J connectivity index is 3.75. The van der Waals surface area contributed by atoms with Gasteiger partial charge in [0.05, 0.1) is 18.8 Å². The number of nitrogens with one attached hydrogen (secondary N) is 1. The number of aliphatic hydroxyl groups is 4. The van der Waals surface area contributed by atoms with Crippen molar-refractivity contribution in [3.05, 3.63) is 12.2 Å². The first kappa shape index (κ1) is 45.0. The van der Waals surface area contributed by atoms with Gasteiger partial charge in [-0.25, -0.2) is 0 Å². The van der Waals surface area contributed by atoms with E-state index in [1.807, 2.05) is 0 Å².